The number of benzene rings is 1. The van der Waals surface area contributed by atoms with Gasteiger partial charge >= 0.3 is 0 Å². The molecule has 4 heteroatoms. The van der Waals surface area contributed by atoms with Gasteiger partial charge in [-0.2, -0.15) is 0 Å². The summed E-state index contributed by atoms with van der Waals surface area (Å²) < 4.78 is 0. The Hall–Kier alpha value is -1.55. The minimum atomic E-state index is -0.122. The quantitative estimate of drug-likeness (QED) is 0.802. The van der Waals surface area contributed by atoms with Crippen molar-refractivity contribution in [3.63, 3.8) is 0 Å². The molecule has 1 aliphatic heterocycles. The molecule has 0 aromatic heterocycles. The fourth-order valence-corrected chi connectivity index (χ4v) is 2.12. The van der Waals surface area contributed by atoms with Crippen molar-refractivity contribution in [1.82, 2.24) is 5.06 Å². The largest absolute Gasteiger partial charge is 0.349 e. The fraction of sp³-hybridized carbons (Fsp3) is 0.417. The van der Waals surface area contributed by atoms with E-state index < -0.39 is 0 Å². The predicted molar refractivity (Wildman–Crippen MR) is 63.8 cm³/mol. The van der Waals surface area contributed by atoms with Gasteiger partial charge in [-0.05, 0) is 18.6 Å². The molecule has 86 valence electrons. The van der Waals surface area contributed by atoms with Crippen LogP contribution in [0.3, 0.4) is 0 Å². The topological polar surface area (TPSA) is 50.6 Å². The summed E-state index contributed by atoms with van der Waals surface area (Å²) in [5, 5.41) is 18.5. The Bertz CT molecular complexity index is 366. The van der Waals surface area contributed by atoms with Crippen molar-refractivity contribution < 1.29 is 5.21 Å². The van der Waals surface area contributed by atoms with Crippen LogP contribution < -0.4 is 4.90 Å². The molecule has 16 heavy (non-hydrogen) atoms. The van der Waals surface area contributed by atoms with Gasteiger partial charge in [0.2, 0.25) is 0 Å². The van der Waals surface area contributed by atoms with E-state index in [-0.39, 0.29) is 6.17 Å². The van der Waals surface area contributed by atoms with Crippen LogP contribution in [0.2, 0.25) is 0 Å². The van der Waals surface area contributed by atoms with E-state index in [9.17, 15) is 5.21 Å². The van der Waals surface area contributed by atoms with E-state index in [1.165, 1.54) is 0 Å². The van der Waals surface area contributed by atoms with Crippen LogP contribution >= 0.6 is 0 Å². The molecule has 2 rings (SSSR count). The number of rotatable bonds is 2. The normalized spacial score (nSPS) is 21.4. The highest BCUT2D eigenvalue weighted by molar-refractivity contribution is 5.80. The van der Waals surface area contributed by atoms with E-state index in [0.29, 0.717) is 12.3 Å². The molecule has 1 aliphatic rings. The highest BCUT2D eigenvalue weighted by Gasteiger charge is 2.29. The smallest absolute Gasteiger partial charge is 0.128 e. The first kappa shape index (κ1) is 11.0. The third kappa shape index (κ3) is 1.88. The molecule has 0 amide bonds. The monoisotopic (exact) mass is 219 g/mol. The minimum absolute atomic E-state index is 0.122. The van der Waals surface area contributed by atoms with Crippen LogP contribution in [0.15, 0.2) is 30.3 Å². The molecule has 0 aliphatic carbocycles. The van der Waals surface area contributed by atoms with Crippen molar-refractivity contribution in [3.05, 3.63) is 30.3 Å². The lowest BCUT2D eigenvalue weighted by atomic mass is 10.1. The van der Waals surface area contributed by atoms with Crippen molar-refractivity contribution in [2.45, 2.75) is 25.9 Å². The van der Waals surface area contributed by atoms with Crippen molar-refractivity contribution in [2.75, 3.05) is 11.4 Å². The van der Waals surface area contributed by atoms with Crippen LogP contribution in [-0.4, -0.2) is 28.8 Å². The Morgan fingerprint density at radius 2 is 2.06 bits per heavy atom. The molecule has 1 heterocycles. The van der Waals surface area contributed by atoms with Crippen LogP contribution in [0.25, 0.3) is 0 Å². The zero-order valence-corrected chi connectivity index (χ0v) is 9.43. The Morgan fingerprint density at radius 3 is 2.69 bits per heavy atom. The predicted octanol–water partition coefficient (Wildman–Crippen LogP) is 2.30. The van der Waals surface area contributed by atoms with Crippen LogP contribution in [0.4, 0.5) is 5.69 Å². The second kappa shape index (κ2) is 4.53. The van der Waals surface area contributed by atoms with Gasteiger partial charge in [0.25, 0.3) is 0 Å². The molecule has 0 spiro atoms. The van der Waals surface area contributed by atoms with Crippen LogP contribution in [0, 0.1) is 5.41 Å². The van der Waals surface area contributed by atoms with E-state index in [0.717, 1.165) is 23.7 Å². The maximum absolute atomic E-state index is 9.84. The fourth-order valence-electron chi connectivity index (χ4n) is 2.12. The molecule has 0 saturated carbocycles. The molecule has 0 bridgehead atoms. The zero-order valence-electron chi connectivity index (χ0n) is 9.43. The maximum atomic E-state index is 9.84. The van der Waals surface area contributed by atoms with Crippen molar-refractivity contribution >= 4 is 11.5 Å². The molecule has 1 atom stereocenters. The first-order valence-electron chi connectivity index (χ1n) is 5.61. The SMILES string of the molecule is CCC1N(O)C(=N)CCN1c1ccccc1. The maximum Gasteiger partial charge on any atom is 0.128 e. The molecule has 0 radical (unpaired) electrons. The first-order chi connectivity index (χ1) is 7.74. The lowest BCUT2D eigenvalue weighted by molar-refractivity contribution is -0.0647. The van der Waals surface area contributed by atoms with E-state index in [4.69, 9.17) is 5.41 Å². The number of nitrogens with zero attached hydrogens (tertiary/aromatic N) is 2. The second-order valence-corrected chi connectivity index (χ2v) is 3.96. The summed E-state index contributed by atoms with van der Waals surface area (Å²) in [4.78, 5) is 2.14. The highest BCUT2D eigenvalue weighted by Crippen LogP contribution is 2.24. The Kier molecular flexibility index (Phi) is 3.10. The summed E-state index contributed by atoms with van der Waals surface area (Å²) in [5.41, 5.74) is 1.10. The molecule has 1 aromatic carbocycles. The molecule has 1 fully saturated rings. The van der Waals surface area contributed by atoms with Gasteiger partial charge < -0.3 is 4.90 Å². The zero-order chi connectivity index (χ0) is 11.5. The van der Waals surface area contributed by atoms with Crippen LogP contribution in [0.5, 0.6) is 0 Å². The van der Waals surface area contributed by atoms with Gasteiger partial charge in [-0.3, -0.25) is 10.6 Å². The third-order valence-corrected chi connectivity index (χ3v) is 2.96. The summed E-state index contributed by atoms with van der Waals surface area (Å²) in [6.45, 7) is 2.81. The van der Waals surface area contributed by atoms with E-state index in [1.54, 1.807) is 0 Å². The Labute approximate surface area is 95.6 Å². The van der Waals surface area contributed by atoms with E-state index in [2.05, 4.69) is 4.90 Å². The summed E-state index contributed by atoms with van der Waals surface area (Å²) in [6, 6.07) is 10.0. The number of anilines is 1. The second-order valence-electron chi connectivity index (χ2n) is 3.96. The summed E-state index contributed by atoms with van der Waals surface area (Å²) in [5.74, 6) is 0.305. The van der Waals surface area contributed by atoms with Gasteiger partial charge in [0, 0.05) is 18.7 Å². The van der Waals surface area contributed by atoms with Gasteiger partial charge in [0.05, 0.1) is 0 Å². The number of hydrogen-bond acceptors (Lipinski definition) is 3. The number of amidine groups is 1. The van der Waals surface area contributed by atoms with Crippen molar-refractivity contribution in [2.24, 2.45) is 0 Å². The van der Waals surface area contributed by atoms with Crippen LogP contribution in [0.1, 0.15) is 19.8 Å². The van der Waals surface area contributed by atoms with Crippen molar-refractivity contribution in [3.8, 4) is 0 Å². The summed E-state index contributed by atoms with van der Waals surface area (Å²) >= 11 is 0. The average molecular weight is 219 g/mol. The van der Waals surface area contributed by atoms with Crippen LogP contribution in [-0.2, 0) is 0 Å². The molecule has 4 nitrogen and oxygen atoms in total. The Balaban J connectivity index is 2.24. The molecule has 1 unspecified atom stereocenters. The minimum Gasteiger partial charge on any atom is -0.349 e. The number of para-hydroxylation sites is 1. The summed E-state index contributed by atoms with van der Waals surface area (Å²) in [6.07, 6.45) is 1.25. The molecule has 1 aromatic rings. The standard InChI is InChI=1S/C12H17N3O/c1-2-12-14(9-8-11(13)15(12)16)10-6-4-3-5-7-10/h3-7,12-13,16H,2,8-9H2,1H3. The van der Waals surface area contributed by atoms with Gasteiger partial charge in [-0.1, -0.05) is 25.1 Å². The van der Waals surface area contributed by atoms with Gasteiger partial charge in [0.1, 0.15) is 12.0 Å². The van der Waals surface area contributed by atoms with Gasteiger partial charge in [-0.15, -0.1) is 0 Å². The van der Waals surface area contributed by atoms with Gasteiger partial charge in [-0.25, -0.2) is 5.06 Å². The number of nitrogens with one attached hydrogen (secondary N) is 1. The average Bonchev–Trinajstić information content (AvgIpc) is 2.33. The molecule has 2 N–H and O–H groups in total. The van der Waals surface area contributed by atoms with E-state index >= 15 is 0 Å². The van der Waals surface area contributed by atoms with Gasteiger partial charge in [0.15, 0.2) is 0 Å². The lowest BCUT2D eigenvalue weighted by Gasteiger charge is -2.42. The highest BCUT2D eigenvalue weighted by atomic mass is 16.5. The molecular formula is C12H17N3O. The Morgan fingerprint density at radius 1 is 1.38 bits per heavy atom. The van der Waals surface area contributed by atoms with E-state index in [1.807, 2.05) is 37.3 Å². The number of hydroxylamine groups is 2. The number of hydrogen-bond donors (Lipinski definition) is 2. The lowest BCUT2D eigenvalue weighted by Crippen LogP contribution is -2.54. The van der Waals surface area contributed by atoms with Crippen molar-refractivity contribution in [1.29, 1.82) is 5.41 Å². The first-order valence-corrected chi connectivity index (χ1v) is 5.61. The molecular weight excluding hydrogens is 202 g/mol. The summed E-state index contributed by atoms with van der Waals surface area (Å²) in [7, 11) is 0. The molecule has 1 saturated heterocycles. The third-order valence-electron chi connectivity index (χ3n) is 2.96.